The van der Waals surface area contributed by atoms with E-state index in [1.54, 1.807) is 17.5 Å². The van der Waals surface area contributed by atoms with Gasteiger partial charge in [0.25, 0.3) is 0 Å². The van der Waals surface area contributed by atoms with E-state index in [0.29, 0.717) is 19.7 Å². The van der Waals surface area contributed by atoms with Crippen LogP contribution < -0.4 is 5.32 Å². The maximum Gasteiger partial charge on any atom is 0.318 e. The highest BCUT2D eigenvalue weighted by atomic mass is 32.1. The van der Waals surface area contributed by atoms with E-state index in [0.717, 1.165) is 17.8 Å². The van der Waals surface area contributed by atoms with E-state index in [4.69, 9.17) is 4.74 Å². The summed E-state index contributed by atoms with van der Waals surface area (Å²) in [7, 11) is 0. The van der Waals surface area contributed by atoms with Gasteiger partial charge in [-0.25, -0.2) is 9.78 Å². The molecule has 1 aliphatic rings. The molecule has 1 aromatic heterocycles. The van der Waals surface area contributed by atoms with E-state index in [2.05, 4.69) is 29.4 Å². The molecule has 0 spiro atoms. The molecule has 128 valence electrons. The van der Waals surface area contributed by atoms with E-state index in [1.165, 1.54) is 5.56 Å². The number of rotatable bonds is 5. The molecule has 0 saturated carbocycles. The predicted molar refractivity (Wildman–Crippen MR) is 95.1 cm³/mol. The molecule has 1 saturated heterocycles. The molecule has 0 bridgehead atoms. The highest BCUT2D eigenvalue weighted by Gasteiger charge is 2.26. The van der Waals surface area contributed by atoms with Crippen molar-refractivity contribution < 1.29 is 9.53 Å². The Labute approximate surface area is 146 Å². The molecule has 0 radical (unpaired) electrons. The molecule has 24 heavy (non-hydrogen) atoms. The van der Waals surface area contributed by atoms with Gasteiger partial charge in [0.1, 0.15) is 5.01 Å². The van der Waals surface area contributed by atoms with Gasteiger partial charge in [0.05, 0.1) is 18.8 Å². The lowest BCUT2D eigenvalue weighted by molar-refractivity contribution is -0.0136. The van der Waals surface area contributed by atoms with Crippen molar-refractivity contribution in [2.75, 3.05) is 19.7 Å². The third-order valence-corrected chi connectivity index (χ3v) is 5.08. The van der Waals surface area contributed by atoms with E-state index in [-0.39, 0.29) is 18.2 Å². The number of nitrogens with zero attached hydrogens (tertiary/aromatic N) is 2. The van der Waals surface area contributed by atoms with Crippen LogP contribution in [-0.2, 0) is 11.2 Å². The summed E-state index contributed by atoms with van der Waals surface area (Å²) in [5.41, 5.74) is 1.24. The Morgan fingerprint density at radius 3 is 3.00 bits per heavy atom. The number of benzene rings is 1. The standard InChI is InChI=1S/C18H23N3O2S/c1-2-16(17-19-8-11-24-17)20-18(22)21-9-10-23-15(13-21)12-14-6-4-3-5-7-14/h3-8,11,15-16H,2,9-10,12-13H2,1H3,(H,20,22)/t15-,16-/m0/s1. The Morgan fingerprint density at radius 2 is 2.29 bits per heavy atom. The largest absolute Gasteiger partial charge is 0.374 e. The Bertz CT molecular complexity index is 633. The number of hydrogen-bond acceptors (Lipinski definition) is 4. The van der Waals surface area contributed by atoms with E-state index in [1.807, 2.05) is 28.5 Å². The number of thiazole rings is 1. The number of aromatic nitrogens is 1. The van der Waals surface area contributed by atoms with Crippen LogP contribution in [0.5, 0.6) is 0 Å². The van der Waals surface area contributed by atoms with Gasteiger partial charge in [0.2, 0.25) is 0 Å². The molecule has 2 atom stereocenters. The van der Waals surface area contributed by atoms with Crippen LogP contribution in [-0.4, -0.2) is 41.7 Å². The van der Waals surface area contributed by atoms with E-state index in [9.17, 15) is 4.79 Å². The average Bonchev–Trinajstić information content (AvgIpc) is 3.15. The zero-order valence-electron chi connectivity index (χ0n) is 13.9. The topological polar surface area (TPSA) is 54.5 Å². The van der Waals surface area contributed by atoms with E-state index < -0.39 is 0 Å². The summed E-state index contributed by atoms with van der Waals surface area (Å²) in [4.78, 5) is 18.8. The molecule has 5 nitrogen and oxygen atoms in total. The fourth-order valence-corrected chi connectivity index (χ4v) is 3.66. The summed E-state index contributed by atoms with van der Waals surface area (Å²) in [6, 6.07) is 10.2. The molecule has 2 aromatic rings. The first-order chi connectivity index (χ1) is 11.8. The lowest BCUT2D eigenvalue weighted by Crippen LogP contribution is -2.50. The minimum atomic E-state index is -0.0292. The predicted octanol–water partition coefficient (Wildman–Crippen LogP) is 3.25. The second-order valence-electron chi connectivity index (χ2n) is 5.91. The van der Waals surface area contributed by atoms with Crippen LogP contribution in [0.25, 0.3) is 0 Å². The second-order valence-corrected chi connectivity index (χ2v) is 6.84. The van der Waals surface area contributed by atoms with Crippen LogP contribution in [0.4, 0.5) is 4.79 Å². The van der Waals surface area contributed by atoms with Crippen molar-refractivity contribution in [2.45, 2.75) is 31.9 Å². The van der Waals surface area contributed by atoms with Crippen molar-refractivity contribution >= 4 is 17.4 Å². The van der Waals surface area contributed by atoms with Gasteiger partial charge >= 0.3 is 6.03 Å². The number of urea groups is 1. The minimum Gasteiger partial charge on any atom is -0.374 e. The van der Waals surface area contributed by atoms with Gasteiger partial charge in [-0.05, 0) is 12.0 Å². The highest BCUT2D eigenvalue weighted by Crippen LogP contribution is 2.19. The van der Waals surface area contributed by atoms with Gasteiger partial charge < -0.3 is 15.0 Å². The van der Waals surface area contributed by atoms with Crippen molar-refractivity contribution in [3.63, 3.8) is 0 Å². The lowest BCUT2D eigenvalue weighted by atomic mass is 10.1. The number of carbonyl (C=O) groups excluding carboxylic acids is 1. The highest BCUT2D eigenvalue weighted by molar-refractivity contribution is 7.09. The quantitative estimate of drug-likeness (QED) is 0.905. The SMILES string of the molecule is CC[C@H](NC(=O)N1CCO[C@@H](Cc2ccccc2)C1)c1nccs1. The van der Waals surface area contributed by atoms with Crippen LogP contribution in [0, 0.1) is 0 Å². The fourth-order valence-electron chi connectivity index (χ4n) is 2.89. The average molecular weight is 345 g/mol. The summed E-state index contributed by atoms with van der Waals surface area (Å²) >= 11 is 1.58. The second kappa shape index (κ2) is 8.26. The van der Waals surface area contributed by atoms with Crippen LogP contribution in [0.15, 0.2) is 41.9 Å². The van der Waals surface area contributed by atoms with Gasteiger partial charge in [-0.1, -0.05) is 37.3 Å². The summed E-state index contributed by atoms with van der Waals surface area (Å²) < 4.78 is 5.83. The molecule has 0 unspecified atom stereocenters. The zero-order chi connectivity index (χ0) is 16.8. The number of amides is 2. The zero-order valence-corrected chi connectivity index (χ0v) is 14.7. The smallest absolute Gasteiger partial charge is 0.318 e. The van der Waals surface area contributed by atoms with Crippen LogP contribution in [0.1, 0.15) is 30.0 Å². The van der Waals surface area contributed by atoms with Crippen LogP contribution in [0.2, 0.25) is 0 Å². The normalized spacial score (nSPS) is 19.0. The molecular weight excluding hydrogens is 322 g/mol. The van der Waals surface area contributed by atoms with Crippen molar-refractivity contribution in [2.24, 2.45) is 0 Å². The van der Waals surface area contributed by atoms with Crippen LogP contribution in [0.3, 0.4) is 0 Å². The Morgan fingerprint density at radius 1 is 1.46 bits per heavy atom. The molecule has 2 amide bonds. The Hall–Kier alpha value is -1.92. The maximum absolute atomic E-state index is 12.6. The molecule has 6 heteroatoms. The number of nitrogens with one attached hydrogen (secondary N) is 1. The first-order valence-corrected chi connectivity index (χ1v) is 9.24. The number of ether oxygens (including phenoxy) is 1. The Balaban J connectivity index is 1.56. The summed E-state index contributed by atoms with van der Waals surface area (Å²) in [5, 5.41) is 6.00. The van der Waals surface area contributed by atoms with Crippen LogP contribution >= 0.6 is 11.3 Å². The number of hydrogen-bond donors (Lipinski definition) is 1. The molecule has 2 heterocycles. The van der Waals surface area contributed by atoms with Crippen molar-refractivity contribution in [1.82, 2.24) is 15.2 Å². The summed E-state index contributed by atoms with van der Waals surface area (Å²) in [6.07, 6.45) is 3.48. The maximum atomic E-state index is 12.6. The fraction of sp³-hybridized carbons (Fsp3) is 0.444. The van der Waals surface area contributed by atoms with Gasteiger partial charge in [0, 0.05) is 31.1 Å². The van der Waals surface area contributed by atoms with Crippen molar-refractivity contribution in [3.8, 4) is 0 Å². The molecule has 1 N–H and O–H groups in total. The summed E-state index contributed by atoms with van der Waals surface area (Å²) in [5.74, 6) is 0. The molecule has 1 fully saturated rings. The first kappa shape index (κ1) is 16.9. The Kier molecular flexibility index (Phi) is 5.82. The molecule has 1 aliphatic heterocycles. The molecule has 3 rings (SSSR count). The van der Waals surface area contributed by atoms with Gasteiger partial charge in [-0.3, -0.25) is 0 Å². The number of carbonyl (C=O) groups is 1. The van der Waals surface area contributed by atoms with Gasteiger partial charge in [0.15, 0.2) is 0 Å². The van der Waals surface area contributed by atoms with Crippen molar-refractivity contribution in [1.29, 1.82) is 0 Å². The van der Waals surface area contributed by atoms with Gasteiger partial charge in [-0.15, -0.1) is 11.3 Å². The first-order valence-electron chi connectivity index (χ1n) is 8.36. The lowest BCUT2D eigenvalue weighted by Gasteiger charge is -2.34. The molecule has 1 aromatic carbocycles. The van der Waals surface area contributed by atoms with Gasteiger partial charge in [-0.2, -0.15) is 0 Å². The molecule has 0 aliphatic carbocycles. The van der Waals surface area contributed by atoms with Crippen molar-refractivity contribution in [3.05, 3.63) is 52.5 Å². The molecular formula is C18H23N3O2S. The monoisotopic (exact) mass is 345 g/mol. The third kappa shape index (κ3) is 4.33. The minimum absolute atomic E-state index is 0.0204. The van der Waals surface area contributed by atoms with E-state index >= 15 is 0 Å². The third-order valence-electron chi connectivity index (χ3n) is 4.19. The number of morpholine rings is 1. The summed E-state index contributed by atoms with van der Waals surface area (Å²) in [6.45, 7) is 3.89.